The molecule has 4 nitrogen and oxygen atoms in total. The zero-order valence-corrected chi connectivity index (χ0v) is 11.6. The van der Waals surface area contributed by atoms with Gasteiger partial charge in [0.15, 0.2) is 5.82 Å². The third-order valence-corrected chi connectivity index (χ3v) is 4.73. The first-order valence-electron chi connectivity index (χ1n) is 6.49. The molecule has 1 atom stereocenters. The van der Waals surface area contributed by atoms with Crippen molar-refractivity contribution in [2.45, 2.75) is 31.4 Å². The van der Waals surface area contributed by atoms with E-state index in [1.165, 1.54) is 18.6 Å². The molecule has 0 spiro atoms. The summed E-state index contributed by atoms with van der Waals surface area (Å²) >= 11 is 1.91. The predicted molar refractivity (Wildman–Crippen MR) is 75.2 cm³/mol. The zero-order valence-electron chi connectivity index (χ0n) is 10.8. The molecular formula is C14H16N2O2S. The molecule has 19 heavy (non-hydrogen) atoms. The largest absolute Gasteiger partial charge is 0.508 e. The smallest absolute Gasteiger partial charge is 0.257 e. The second kappa shape index (κ2) is 5.25. The molecular weight excluding hydrogens is 260 g/mol. The topological polar surface area (TPSA) is 59.2 Å². The Morgan fingerprint density at radius 3 is 3.00 bits per heavy atom. The van der Waals surface area contributed by atoms with Gasteiger partial charge >= 0.3 is 0 Å². The molecule has 1 aliphatic heterocycles. The number of aryl methyl sites for hydroxylation is 1. The van der Waals surface area contributed by atoms with Crippen LogP contribution in [0.4, 0.5) is 0 Å². The van der Waals surface area contributed by atoms with Crippen LogP contribution in [0.1, 0.15) is 35.9 Å². The molecule has 1 fully saturated rings. The van der Waals surface area contributed by atoms with Crippen LogP contribution in [-0.4, -0.2) is 21.0 Å². The summed E-state index contributed by atoms with van der Waals surface area (Å²) in [4.78, 5) is 4.49. The highest BCUT2D eigenvalue weighted by molar-refractivity contribution is 7.99. The molecule has 2 heterocycles. The van der Waals surface area contributed by atoms with Gasteiger partial charge in [-0.15, -0.1) is 0 Å². The lowest BCUT2D eigenvalue weighted by atomic mass is 10.1. The minimum absolute atomic E-state index is 0.284. The van der Waals surface area contributed by atoms with Gasteiger partial charge in [0.05, 0.1) is 5.25 Å². The van der Waals surface area contributed by atoms with Crippen LogP contribution in [0.15, 0.2) is 22.7 Å². The number of hydrogen-bond donors (Lipinski definition) is 1. The van der Waals surface area contributed by atoms with E-state index in [0.29, 0.717) is 11.1 Å². The highest BCUT2D eigenvalue weighted by Crippen LogP contribution is 2.37. The van der Waals surface area contributed by atoms with E-state index < -0.39 is 0 Å². The van der Waals surface area contributed by atoms with E-state index in [0.717, 1.165) is 23.4 Å². The maximum Gasteiger partial charge on any atom is 0.257 e. The highest BCUT2D eigenvalue weighted by Gasteiger charge is 2.22. The lowest BCUT2D eigenvalue weighted by Gasteiger charge is -2.17. The van der Waals surface area contributed by atoms with Gasteiger partial charge in [0, 0.05) is 5.56 Å². The third kappa shape index (κ3) is 2.61. The van der Waals surface area contributed by atoms with Crippen molar-refractivity contribution in [1.82, 2.24) is 10.1 Å². The number of nitrogens with zero attached hydrogens (tertiary/aromatic N) is 2. The van der Waals surface area contributed by atoms with Crippen LogP contribution in [0.25, 0.3) is 11.5 Å². The molecule has 1 aromatic heterocycles. The summed E-state index contributed by atoms with van der Waals surface area (Å²) in [6.45, 7) is 1.85. The molecule has 0 radical (unpaired) electrons. The first kappa shape index (κ1) is 12.5. The first-order chi connectivity index (χ1) is 9.24. The molecule has 1 aliphatic rings. The van der Waals surface area contributed by atoms with E-state index >= 15 is 0 Å². The van der Waals surface area contributed by atoms with E-state index in [2.05, 4.69) is 10.1 Å². The van der Waals surface area contributed by atoms with Crippen LogP contribution in [0, 0.1) is 6.92 Å². The minimum Gasteiger partial charge on any atom is -0.508 e. The van der Waals surface area contributed by atoms with Crippen LogP contribution in [0.5, 0.6) is 5.75 Å². The molecule has 1 unspecified atom stereocenters. The van der Waals surface area contributed by atoms with E-state index in [9.17, 15) is 5.11 Å². The molecule has 1 saturated heterocycles. The fourth-order valence-corrected chi connectivity index (χ4v) is 3.45. The van der Waals surface area contributed by atoms with Crippen LogP contribution in [0.3, 0.4) is 0 Å². The Morgan fingerprint density at radius 2 is 2.26 bits per heavy atom. The second-order valence-electron chi connectivity index (χ2n) is 4.81. The van der Waals surface area contributed by atoms with Crippen molar-refractivity contribution in [2.24, 2.45) is 0 Å². The molecule has 1 N–H and O–H groups in total. The summed E-state index contributed by atoms with van der Waals surface area (Å²) in [6, 6.07) is 5.32. The molecule has 5 heteroatoms. The van der Waals surface area contributed by atoms with E-state index in [4.69, 9.17) is 4.52 Å². The van der Waals surface area contributed by atoms with Crippen LogP contribution in [0.2, 0.25) is 0 Å². The van der Waals surface area contributed by atoms with Gasteiger partial charge in [0.25, 0.3) is 5.89 Å². The van der Waals surface area contributed by atoms with Crippen LogP contribution >= 0.6 is 11.8 Å². The Balaban J connectivity index is 1.85. The predicted octanol–water partition coefficient (Wildman–Crippen LogP) is 3.71. The second-order valence-corrected chi connectivity index (χ2v) is 6.12. The summed E-state index contributed by atoms with van der Waals surface area (Å²) < 4.78 is 5.34. The lowest BCUT2D eigenvalue weighted by molar-refractivity contribution is 0.420. The van der Waals surface area contributed by atoms with Crippen molar-refractivity contribution < 1.29 is 9.63 Å². The van der Waals surface area contributed by atoms with Gasteiger partial charge in [-0.2, -0.15) is 16.7 Å². The van der Waals surface area contributed by atoms with Crippen molar-refractivity contribution in [2.75, 3.05) is 5.75 Å². The third-order valence-electron chi connectivity index (χ3n) is 3.35. The van der Waals surface area contributed by atoms with Gasteiger partial charge in [-0.1, -0.05) is 11.6 Å². The number of phenols is 1. The van der Waals surface area contributed by atoms with Crippen molar-refractivity contribution in [3.05, 3.63) is 29.6 Å². The maximum atomic E-state index is 9.53. The maximum absolute atomic E-state index is 9.53. The number of aromatic hydroxyl groups is 1. The average Bonchev–Trinajstić information content (AvgIpc) is 2.93. The summed E-state index contributed by atoms with van der Waals surface area (Å²) in [6.07, 6.45) is 3.64. The number of phenolic OH excluding ortho intramolecular Hbond substituents is 1. The monoisotopic (exact) mass is 276 g/mol. The van der Waals surface area contributed by atoms with Gasteiger partial charge in [-0.05, 0) is 49.3 Å². The highest BCUT2D eigenvalue weighted by atomic mass is 32.2. The Morgan fingerprint density at radius 1 is 1.37 bits per heavy atom. The number of rotatable bonds is 2. The molecule has 0 saturated carbocycles. The SMILES string of the molecule is Cc1cc(-c2nc(C3CCCCS3)no2)ccc1O. The number of thioether (sulfide) groups is 1. The summed E-state index contributed by atoms with van der Waals surface area (Å²) in [7, 11) is 0. The van der Waals surface area contributed by atoms with Crippen LogP contribution in [-0.2, 0) is 0 Å². The van der Waals surface area contributed by atoms with Gasteiger partial charge in [0.2, 0.25) is 0 Å². The molecule has 2 aromatic rings. The first-order valence-corrected chi connectivity index (χ1v) is 7.54. The number of hydrogen-bond acceptors (Lipinski definition) is 5. The minimum atomic E-state index is 0.284. The fraction of sp³-hybridized carbons (Fsp3) is 0.429. The van der Waals surface area contributed by atoms with Gasteiger partial charge in [0.1, 0.15) is 5.75 Å². The Bertz CT molecular complexity index is 577. The standard InChI is InChI=1S/C14H16N2O2S/c1-9-8-10(5-6-11(9)17)14-15-13(16-18-14)12-4-2-3-7-19-12/h5-6,8,12,17H,2-4,7H2,1H3. The Hall–Kier alpha value is -1.49. The Labute approximate surface area is 116 Å². The zero-order chi connectivity index (χ0) is 13.2. The number of benzene rings is 1. The normalized spacial score (nSPS) is 19.5. The average molecular weight is 276 g/mol. The van der Waals surface area contributed by atoms with E-state index in [-0.39, 0.29) is 5.75 Å². The molecule has 3 rings (SSSR count). The summed E-state index contributed by atoms with van der Waals surface area (Å²) in [5.74, 6) is 2.79. The van der Waals surface area contributed by atoms with E-state index in [1.807, 2.05) is 24.8 Å². The quantitative estimate of drug-likeness (QED) is 0.906. The van der Waals surface area contributed by atoms with Crippen molar-refractivity contribution in [3.8, 4) is 17.2 Å². The molecule has 100 valence electrons. The van der Waals surface area contributed by atoms with Gasteiger partial charge in [-0.3, -0.25) is 0 Å². The summed E-state index contributed by atoms with van der Waals surface area (Å²) in [5, 5.41) is 14.0. The van der Waals surface area contributed by atoms with Crippen LogP contribution < -0.4 is 0 Å². The fourth-order valence-electron chi connectivity index (χ4n) is 2.22. The summed E-state index contributed by atoms with van der Waals surface area (Å²) in [5.41, 5.74) is 1.67. The van der Waals surface area contributed by atoms with Gasteiger partial charge < -0.3 is 9.63 Å². The molecule has 0 amide bonds. The van der Waals surface area contributed by atoms with Crippen molar-refractivity contribution in [3.63, 3.8) is 0 Å². The Kier molecular flexibility index (Phi) is 3.46. The van der Waals surface area contributed by atoms with Crippen molar-refractivity contribution in [1.29, 1.82) is 0 Å². The lowest BCUT2D eigenvalue weighted by Crippen LogP contribution is -2.03. The van der Waals surface area contributed by atoms with Crippen molar-refractivity contribution >= 4 is 11.8 Å². The molecule has 0 aliphatic carbocycles. The van der Waals surface area contributed by atoms with E-state index in [1.54, 1.807) is 12.1 Å². The molecule has 0 bridgehead atoms. The van der Waals surface area contributed by atoms with Gasteiger partial charge in [-0.25, -0.2) is 0 Å². The number of aromatic nitrogens is 2. The molecule has 1 aromatic carbocycles.